The molecule has 2 aromatic carbocycles. The fourth-order valence-corrected chi connectivity index (χ4v) is 2.08. The van der Waals surface area contributed by atoms with E-state index in [0.717, 1.165) is 6.07 Å². The maximum atomic E-state index is 13.5. The Labute approximate surface area is 127 Å². The van der Waals surface area contributed by atoms with E-state index in [-0.39, 0.29) is 23.6 Å². The molecule has 1 amide bonds. The molecule has 0 heterocycles. The third kappa shape index (κ3) is 3.49. The number of ether oxygens (including phenoxy) is 1. The number of nitrogens with two attached hydrogens (primary N) is 2. The highest BCUT2D eigenvalue weighted by Gasteiger charge is 2.12. The van der Waals surface area contributed by atoms with E-state index in [1.807, 2.05) is 0 Å². The van der Waals surface area contributed by atoms with E-state index >= 15 is 0 Å². The molecule has 0 bridgehead atoms. The number of anilines is 1. The van der Waals surface area contributed by atoms with Crippen molar-refractivity contribution in [3.63, 3.8) is 0 Å². The SMILES string of the molecule is NC(=O)c1ccc(COc2cc(Br)cc(F)c2F)c(N)c1. The standard InChI is InChI=1S/C14H11BrF2N2O2/c15-9-4-10(16)13(17)12(5-9)21-6-8-2-1-7(14(19)20)3-11(8)18/h1-5H,6,18H2,(H2,19,20). The van der Waals surface area contributed by atoms with Crippen molar-refractivity contribution in [3.8, 4) is 5.75 Å². The number of rotatable bonds is 4. The minimum absolute atomic E-state index is 0.0717. The van der Waals surface area contributed by atoms with Gasteiger partial charge in [0.25, 0.3) is 0 Å². The molecule has 110 valence electrons. The van der Waals surface area contributed by atoms with Gasteiger partial charge in [-0.25, -0.2) is 4.39 Å². The van der Waals surface area contributed by atoms with Crippen molar-refractivity contribution in [2.75, 3.05) is 5.73 Å². The highest BCUT2D eigenvalue weighted by molar-refractivity contribution is 9.10. The molecule has 0 aliphatic heterocycles. The largest absolute Gasteiger partial charge is 0.486 e. The van der Waals surface area contributed by atoms with Gasteiger partial charge in [0, 0.05) is 21.3 Å². The molecule has 2 rings (SSSR count). The lowest BCUT2D eigenvalue weighted by Gasteiger charge is -2.11. The minimum Gasteiger partial charge on any atom is -0.486 e. The van der Waals surface area contributed by atoms with Crippen molar-refractivity contribution in [3.05, 3.63) is 57.6 Å². The fraction of sp³-hybridized carbons (Fsp3) is 0.0714. The zero-order valence-electron chi connectivity index (χ0n) is 10.7. The van der Waals surface area contributed by atoms with E-state index in [0.29, 0.717) is 10.0 Å². The third-order valence-corrected chi connectivity index (χ3v) is 3.23. The summed E-state index contributed by atoms with van der Waals surface area (Å²) in [5.41, 5.74) is 12.0. The van der Waals surface area contributed by atoms with Crippen molar-refractivity contribution in [1.82, 2.24) is 0 Å². The molecule has 4 nitrogen and oxygen atoms in total. The van der Waals surface area contributed by atoms with Crippen LogP contribution in [0, 0.1) is 11.6 Å². The van der Waals surface area contributed by atoms with Crippen molar-refractivity contribution < 1.29 is 18.3 Å². The molecule has 0 fully saturated rings. The van der Waals surface area contributed by atoms with Crippen LogP contribution < -0.4 is 16.2 Å². The van der Waals surface area contributed by atoms with Crippen LogP contribution >= 0.6 is 15.9 Å². The molecule has 0 spiro atoms. The first-order chi connectivity index (χ1) is 9.88. The normalized spacial score (nSPS) is 10.4. The average molecular weight is 357 g/mol. The van der Waals surface area contributed by atoms with Gasteiger partial charge in [0.15, 0.2) is 11.6 Å². The van der Waals surface area contributed by atoms with E-state index < -0.39 is 17.5 Å². The Hall–Kier alpha value is -2.15. The maximum absolute atomic E-state index is 13.5. The highest BCUT2D eigenvalue weighted by atomic mass is 79.9. The molecule has 0 aromatic heterocycles. The van der Waals surface area contributed by atoms with Crippen molar-refractivity contribution in [1.29, 1.82) is 0 Å². The summed E-state index contributed by atoms with van der Waals surface area (Å²) in [7, 11) is 0. The monoisotopic (exact) mass is 356 g/mol. The topological polar surface area (TPSA) is 78.3 Å². The maximum Gasteiger partial charge on any atom is 0.248 e. The summed E-state index contributed by atoms with van der Waals surface area (Å²) in [6, 6.07) is 6.74. The second-order valence-corrected chi connectivity index (χ2v) is 5.18. The van der Waals surface area contributed by atoms with Crippen LogP contribution in [0.3, 0.4) is 0 Å². The van der Waals surface area contributed by atoms with Gasteiger partial charge in [0.1, 0.15) is 6.61 Å². The number of carbonyl (C=O) groups excluding carboxylic acids is 1. The van der Waals surface area contributed by atoms with Gasteiger partial charge in [0.05, 0.1) is 0 Å². The summed E-state index contributed by atoms with van der Waals surface area (Å²) in [6.45, 7) is -0.0717. The Bertz CT molecular complexity index is 708. The number of nitrogen functional groups attached to an aromatic ring is 1. The van der Waals surface area contributed by atoms with Crippen LogP contribution in [0.4, 0.5) is 14.5 Å². The molecule has 21 heavy (non-hydrogen) atoms. The van der Waals surface area contributed by atoms with Gasteiger partial charge in [-0.15, -0.1) is 0 Å². The Balaban J connectivity index is 2.19. The Morgan fingerprint density at radius 1 is 1.24 bits per heavy atom. The van der Waals surface area contributed by atoms with E-state index in [9.17, 15) is 13.6 Å². The van der Waals surface area contributed by atoms with E-state index in [4.69, 9.17) is 16.2 Å². The molecule has 0 aliphatic rings. The van der Waals surface area contributed by atoms with Gasteiger partial charge in [0.2, 0.25) is 11.7 Å². The van der Waals surface area contributed by atoms with E-state index in [2.05, 4.69) is 15.9 Å². The van der Waals surface area contributed by atoms with Gasteiger partial charge < -0.3 is 16.2 Å². The fourth-order valence-electron chi connectivity index (χ4n) is 1.67. The molecule has 0 aliphatic carbocycles. The molecular formula is C14H11BrF2N2O2. The van der Waals surface area contributed by atoms with Crippen molar-refractivity contribution in [2.45, 2.75) is 6.61 Å². The number of hydrogen-bond acceptors (Lipinski definition) is 3. The smallest absolute Gasteiger partial charge is 0.248 e. The van der Waals surface area contributed by atoms with Gasteiger partial charge in [-0.3, -0.25) is 4.79 Å². The van der Waals surface area contributed by atoms with Gasteiger partial charge >= 0.3 is 0 Å². The quantitative estimate of drug-likeness (QED) is 0.652. The summed E-state index contributed by atoms with van der Waals surface area (Å²) in [6.07, 6.45) is 0. The minimum atomic E-state index is -1.08. The predicted molar refractivity (Wildman–Crippen MR) is 77.8 cm³/mol. The number of benzene rings is 2. The molecule has 0 unspecified atom stereocenters. The van der Waals surface area contributed by atoms with Gasteiger partial charge in [-0.05, 0) is 24.3 Å². The van der Waals surface area contributed by atoms with Crippen molar-refractivity contribution in [2.24, 2.45) is 5.73 Å². The molecule has 0 saturated carbocycles. The lowest BCUT2D eigenvalue weighted by Crippen LogP contribution is -2.12. The summed E-state index contributed by atoms with van der Waals surface area (Å²) < 4.78 is 32.3. The number of halogens is 3. The molecule has 7 heteroatoms. The van der Waals surface area contributed by atoms with Crippen LogP contribution in [0.25, 0.3) is 0 Å². The first-order valence-corrected chi connectivity index (χ1v) is 6.63. The molecule has 0 atom stereocenters. The first kappa shape index (κ1) is 15.2. The molecule has 4 N–H and O–H groups in total. The van der Waals surface area contributed by atoms with Crippen LogP contribution in [-0.2, 0) is 6.61 Å². The predicted octanol–water partition coefficient (Wildman–Crippen LogP) is 2.99. The third-order valence-electron chi connectivity index (χ3n) is 2.77. The number of amides is 1. The number of hydrogen-bond donors (Lipinski definition) is 2. The van der Waals surface area contributed by atoms with Crippen LogP contribution in [0.15, 0.2) is 34.8 Å². The summed E-state index contributed by atoms with van der Waals surface area (Å²) in [5, 5.41) is 0. The summed E-state index contributed by atoms with van der Waals surface area (Å²) in [5.74, 6) is -2.93. The van der Waals surface area contributed by atoms with Gasteiger partial charge in [-0.1, -0.05) is 22.0 Å². The zero-order valence-corrected chi connectivity index (χ0v) is 12.3. The molecule has 0 saturated heterocycles. The van der Waals surface area contributed by atoms with Crippen LogP contribution in [0.5, 0.6) is 5.75 Å². The average Bonchev–Trinajstić information content (AvgIpc) is 2.42. The summed E-state index contributed by atoms with van der Waals surface area (Å²) >= 11 is 3.05. The summed E-state index contributed by atoms with van der Waals surface area (Å²) in [4.78, 5) is 11.0. The lowest BCUT2D eigenvalue weighted by molar-refractivity contribution is 0.100. The Kier molecular flexibility index (Phi) is 4.42. The van der Waals surface area contributed by atoms with Crippen molar-refractivity contribution >= 4 is 27.5 Å². The van der Waals surface area contributed by atoms with E-state index in [1.165, 1.54) is 18.2 Å². The number of carbonyl (C=O) groups is 1. The first-order valence-electron chi connectivity index (χ1n) is 5.84. The van der Waals surface area contributed by atoms with Crippen LogP contribution in [0.1, 0.15) is 15.9 Å². The number of primary amides is 1. The van der Waals surface area contributed by atoms with E-state index in [1.54, 1.807) is 6.07 Å². The highest BCUT2D eigenvalue weighted by Crippen LogP contribution is 2.26. The second kappa shape index (κ2) is 6.09. The Morgan fingerprint density at radius 3 is 2.57 bits per heavy atom. The van der Waals surface area contributed by atoms with Gasteiger partial charge in [-0.2, -0.15) is 4.39 Å². The second-order valence-electron chi connectivity index (χ2n) is 4.27. The van der Waals surface area contributed by atoms with Crippen LogP contribution in [0.2, 0.25) is 0 Å². The Morgan fingerprint density at radius 2 is 1.95 bits per heavy atom. The molecular weight excluding hydrogens is 346 g/mol. The van der Waals surface area contributed by atoms with Crippen LogP contribution in [-0.4, -0.2) is 5.91 Å². The molecule has 2 aromatic rings. The molecule has 0 radical (unpaired) electrons. The zero-order chi connectivity index (χ0) is 15.6. The lowest BCUT2D eigenvalue weighted by atomic mass is 10.1.